The first-order valence-electron chi connectivity index (χ1n) is 12.8. The van der Waals surface area contributed by atoms with Gasteiger partial charge in [-0.2, -0.15) is 0 Å². The fraction of sp³-hybridized carbons (Fsp3) is 0.467. The van der Waals surface area contributed by atoms with E-state index in [1.807, 2.05) is 30.5 Å². The molecule has 0 N–H and O–H groups in total. The lowest BCUT2D eigenvalue weighted by molar-refractivity contribution is -0.147. The fourth-order valence-electron chi connectivity index (χ4n) is 4.24. The Labute approximate surface area is 216 Å². The molecule has 0 radical (unpaired) electrons. The summed E-state index contributed by atoms with van der Waals surface area (Å²) in [6.07, 6.45) is 1.93. The van der Waals surface area contributed by atoms with Gasteiger partial charge in [0, 0.05) is 23.6 Å². The first-order valence-corrected chi connectivity index (χ1v) is 15.7. The highest BCUT2D eigenvalue weighted by molar-refractivity contribution is 6.74. The molecule has 3 rings (SSSR count). The minimum absolute atomic E-state index is 0.118. The molecule has 1 aromatic heterocycles. The van der Waals surface area contributed by atoms with Crippen LogP contribution in [-0.2, 0) is 20.9 Å². The van der Waals surface area contributed by atoms with Crippen molar-refractivity contribution in [1.82, 2.24) is 4.57 Å². The van der Waals surface area contributed by atoms with Crippen molar-refractivity contribution in [2.75, 3.05) is 6.61 Å². The summed E-state index contributed by atoms with van der Waals surface area (Å²) < 4.78 is 14.0. The molecule has 194 valence electrons. The minimum atomic E-state index is -1.97. The summed E-state index contributed by atoms with van der Waals surface area (Å²) in [7, 11) is -1.97. The lowest BCUT2D eigenvalue weighted by Crippen LogP contribution is -2.44. The summed E-state index contributed by atoms with van der Waals surface area (Å²) in [5, 5.41) is 1.01. The molecule has 6 heteroatoms. The molecule has 0 spiro atoms. The van der Waals surface area contributed by atoms with Crippen LogP contribution in [0.3, 0.4) is 0 Å². The van der Waals surface area contributed by atoms with Crippen LogP contribution in [0.5, 0.6) is 5.75 Å². The molecule has 0 saturated carbocycles. The number of hydrogen-bond acceptors (Lipinski definition) is 4. The molecule has 5 nitrogen and oxygen atoms in total. The van der Waals surface area contributed by atoms with Gasteiger partial charge in [-0.25, -0.2) is 0 Å². The summed E-state index contributed by atoms with van der Waals surface area (Å²) in [6.45, 7) is 19.7. The number of aromatic nitrogens is 1. The average molecular weight is 508 g/mol. The van der Waals surface area contributed by atoms with E-state index in [4.69, 9.17) is 9.16 Å². The van der Waals surface area contributed by atoms with Crippen LogP contribution in [0, 0.1) is 0 Å². The molecule has 36 heavy (non-hydrogen) atoms. The number of esters is 1. The molecule has 1 unspecified atom stereocenters. The lowest BCUT2D eigenvalue weighted by Gasteiger charge is -2.37. The fourth-order valence-corrected chi connectivity index (χ4v) is 5.28. The number of Topliss-reactive ketones (excluding diaryl/α,β-unsaturated/α-hetero) is 1. The molecule has 0 bridgehead atoms. The molecule has 0 amide bonds. The molecule has 1 heterocycles. The van der Waals surface area contributed by atoms with Crippen molar-refractivity contribution in [1.29, 1.82) is 0 Å². The Balaban J connectivity index is 2.03. The van der Waals surface area contributed by atoms with Crippen LogP contribution >= 0.6 is 0 Å². The highest BCUT2D eigenvalue weighted by atomic mass is 28.4. The predicted octanol–water partition coefficient (Wildman–Crippen LogP) is 7.43. The number of hydrogen-bond donors (Lipinski definition) is 0. The van der Waals surface area contributed by atoms with Crippen LogP contribution in [-0.4, -0.2) is 31.2 Å². The maximum Gasteiger partial charge on any atom is 0.321 e. The van der Waals surface area contributed by atoms with Gasteiger partial charge in [-0.15, -0.1) is 0 Å². The smallest absolute Gasteiger partial charge is 0.321 e. The third kappa shape index (κ3) is 5.75. The summed E-state index contributed by atoms with van der Waals surface area (Å²) >= 11 is 0. The van der Waals surface area contributed by atoms with Crippen molar-refractivity contribution in [2.24, 2.45) is 0 Å². The van der Waals surface area contributed by atoms with Crippen molar-refractivity contribution < 1.29 is 18.8 Å². The molecule has 2 aromatic carbocycles. The Kier molecular flexibility index (Phi) is 8.19. The molecule has 3 aromatic rings. The van der Waals surface area contributed by atoms with Crippen LogP contribution in [0.15, 0.2) is 48.7 Å². The van der Waals surface area contributed by atoms with Gasteiger partial charge in [0.25, 0.3) is 0 Å². The average Bonchev–Trinajstić information content (AvgIpc) is 3.11. The molecule has 0 aliphatic heterocycles. The Morgan fingerprint density at radius 2 is 1.69 bits per heavy atom. The Morgan fingerprint density at radius 3 is 2.28 bits per heavy atom. The van der Waals surface area contributed by atoms with Crippen LogP contribution in [0.4, 0.5) is 0 Å². The zero-order chi connectivity index (χ0) is 26.8. The number of nitrogens with zero attached hydrogens (tertiary/aromatic N) is 1. The van der Waals surface area contributed by atoms with E-state index in [-0.39, 0.29) is 17.4 Å². The maximum absolute atomic E-state index is 12.7. The molecule has 0 aliphatic rings. The van der Waals surface area contributed by atoms with E-state index in [1.165, 1.54) is 12.5 Å². The Hall–Kier alpha value is -2.86. The number of ketones is 1. The lowest BCUT2D eigenvalue weighted by atomic mass is 9.95. The van der Waals surface area contributed by atoms with E-state index in [2.05, 4.69) is 70.5 Å². The van der Waals surface area contributed by atoms with Gasteiger partial charge in [-0.1, -0.05) is 65.0 Å². The number of ether oxygens (including phenoxy) is 1. The van der Waals surface area contributed by atoms with Crippen LogP contribution in [0.25, 0.3) is 10.9 Å². The Morgan fingerprint density at radius 1 is 1.03 bits per heavy atom. The van der Waals surface area contributed by atoms with Crippen LogP contribution < -0.4 is 4.43 Å². The molecule has 0 saturated heterocycles. The van der Waals surface area contributed by atoms with E-state index in [0.717, 1.165) is 22.2 Å². The van der Waals surface area contributed by atoms with Crippen molar-refractivity contribution >= 4 is 31.0 Å². The van der Waals surface area contributed by atoms with Gasteiger partial charge in [0.15, 0.2) is 0 Å². The molecular weight excluding hydrogens is 466 g/mol. The molecular formula is C30H41NO4Si. The van der Waals surface area contributed by atoms with Crippen LogP contribution in [0.2, 0.25) is 18.1 Å². The van der Waals surface area contributed by atoms with Gasteiger partial charge in [0.05, 0.1) is 6.61 Å². The first kappa shape index (κ1) is 27.7. The number of para-hydroxylation sites is 1. The second-order valence-corrected chi connectivity index (χ2v) is 16.1. The number of carbonyl (C=O) groups excluding carboxylic acids is 2. The van der Waals surface area contributed by atoms with E-state index >= 15 is 0 Å². The van der Waals surface area contributed by atoms with Crippen molar-refractivity contribution in [2.45, 2.75) is 85.0 Å². The van der Waals surface area contributed by atoms with Crippen molar-refractivity contribution in [3.05, 3.63) is 65.4 Å². The number of rotatable bonds is 9. The number of benzene rings is 2. The maximum atomic E-state index is 12.7. The second-order valence-electron chi connectivity index (χ2n) is 11.4. The largest absolute Gasteiger partial charge is 0.543 e. The van der Waals surface area contributed by atoms with E-state index in [1.54, 1.807) is 6.92 Å². The summed E-state index contributed by atoms with van der Waals surface area (Å²) in [5.74, 6) is -0.361. The normalized spacial score (nSPS) is 13.2. The van der Waals surface area contributed by atoms with E-state index in [0.29, 0.717) is 18.0 Å². The standard InChI is InChI=1S/C30H41NO4Si/c1-10-34-29(33)28(21(4)32)25-19-31(26-14-12-11-13-23(25)26)18-22-15-16-27(24(17-22)20(2)3)35-36(8,9)30(5,6)7/h11-17,19-20,28H,10,18H2,1-9H3. The summed E-state index contributed by atoms with van der Waals surface area (Å²) in [5.41, 5.74) is 4.01. The topological polar surface area (TPSA) is 57.5 Å². The SMILES string of the molecule is CCOC(=O)C(C(C)=O)c1cn(Cc2ccc(O[Si](C)(C)C(C)(C)C)c(C(C)C)c2)c2ccccc12. The van der Waals surface area contributed by atoms with Gasteiger partial charge >= 0.3 is 5.97 Å². The monoisotopic (exact) mass is 507 g/mol. The van der Waals surface area contributed by atoms with Crippen LogP contribution in [0.1, 0.15) is 77.0 Å². The number of carbonyl (C=O) groups is 2. The Bertz CT molecular complexity index is 1250. The van der Waals surface area contributed by atoms with E-state index < -0.39 is 20.2 Å². The third-order valence-corrected chi connectivity index (χ3v) is 11.6. The zero-order valence-corrected chi connectivity index (χ0v) is 24.3. The van der Waals surface area contributed by atoms with Gasteiger partial charge in [-0.05, 0) is 66.7 Å². The van der Waals surface area contributed by atoms with E-state index in [9.17, 15) is 9.59 Å². The van der Waals surface area contributed by atoms with Gasteiger partial charge in [0.1, 0.15) is 17.5 Å². The highest BCUT2D eigenvalue weighted by Crippen LogP contribution is 2.40. The van der Waals surface area contributed by atoms with Gasteiger partial charge in [0.2, 0.25) is 8.32 Å². The first-order chi connectivity index (χ1) is 16.8. The minimum Gasteiger partial charge on any atom is -0.543 e. The summed E-state index contributed by atoms with van der Waals surface area (Å²) in [6, 6.07) is 14.4. The highest BCUT2D eigenvalue weighted by Gasteiger charge is 2.39. The molecule has 0 fully saturated rings. The van der Waals surface area contributed by atoms with Crippen molar-refractivity contribution in [3.63, 3.8) is 0 Å². The van der Waals surface area contributed by atoms with Gasteiger partial charge in [-0.3, -0.25) is 9.59 Å². The van der Waals surface area contributed by atoms with Crippen molar-refractivity contribution in [3.8, 4) is 5.75 Å². The predicted molar refractivity (Wildman–Crippen MR) is 149 cm³/mol. The third-order valence-electron chi connectivity index (χ3n) is 7.28. The quantitative estimate of drug-likeness (QED) is 0.172. The zero-order valence-electron chi connectivity index (χ0n) is 23.3. The number of fused-ring (bicyclic) bond motifs is 1. The summed E-state index contributed by atoms with van der Waals surface area (Å²) in [4.78, 5) is 25.2. The molecule has 1 atom stereocenters. The second kappa shape index (κ2) is 10.6. The molecule has 0 aliphatic carbocycles. The van der Waals surface area contributed by atoms with Gasteiger partial charge < -0.3 is 13.7 Å².